The lowest BCUT2D eigenvalue weighted by Gasteiger charge is -2.28. The fraction of sp³-hybridized carbons (Fsp3) is 0.0182. The molecule has 0 N–H and O–H groups in total. The summed E-state index contributed by atoms with van der Waals surface area (Å²) in [5.74, 6) is 0. The lowest BCUT2D eigenvalue weighted by molar-refractivity contribution is 1.18. The molecule has 11 aromatic rings. The predicted molar refractivity (Wildman–Crippen MR) is 249 cm³/mol. The van der Waals surface area contributed by atoms with Crippen LogP contribution in [0.4, 0.5) is 17.1 Å². The molecule has 9 aromatic carbocycles. The largest absolute Gasteiger partial charge is 0.310 e. The van der Waals surface area contributed by atoms with Gasteiger partial charge in [-0.15, -0.1) is 11.3 Å². The van der Waals surface area contributed by atoms with Crippen molar-refractivity contribution in [3.63, 3.8) is 0 Å². The Morgan fingerprint density at radius 1 is 0.379 bits per heavy atom. The Bertz CT molecular complexity index is 3250. The van der Waals surface area contributed by atoms with E-state index in [2.05, 4.69) is 229 Å². The Balaban J connectivity index is 1.21. The van der Waals surface area contributed by atoms with E-state index in [4.69, 9.17) is 0 Å². The molecule has 0 amide bonds. The highest BCUT2D eigenvalue weighted by molar-refractivity contribution is 7.26. The number of anilines is 3. The molecule has 0 bridgehead atoms. The van der Waals surface area contributed by atoms with Gasteiger partial charge < -0.3 is 9.47 Å². The van der Waals surface area contributed by atoms with Gasteiger partial charge in [-0.25, -0.2) is 0 Å². The van der Waals surface area contributed by atoms with Crippen LogP contribution in [0, 0.1) is 6.92 Å². The molecule has 11 rings (SSSR count). The van der Waals surface area contributed by atoms with Gasteiger partial charge in [0.25, 0.3) is 0 Å². The van der Waals surface area contributed by atoms with Crippen molar-refractivity contribution in [1.29, 1.82) is 0 Å². The third-order valence-corrected chi connectivity index (χ3v) is 12.6. The number of benzene rings is 9. The molecule has 2 aromatic heterocycles. The summed E-state index contributed by atoms with van der Waals surface area (Å²) in [5.41, 5.74) is 15.3. The maximum absolute atomic E-state index is 2.46. The van der Waals surface area contributed by atoms with Crippen LogP contribution < -0.4 is 4.90 Å². The summed E-state index contributed by atoms with van der Waals surface area (Å²) in [6.07, 6.45) is 0. The maximum atomic E-state index is 2.46. The zero-order valence-electron chi connectivity index (χ0n) is 32.0. The van der Waals surface area contributed by atoms with E-state index in [-0.39, 0.29) is 0 Å². The summed E-state index contributed by atoms with van der Waals surface area (Å²) in [5, 5.41) is 5.04. The third-order valence-electron chi connectivity index (χ3n) is 11.4. The number of nitrogens with zero attached hydrogens (tertiary/aromatic N) is 2. The molecule has 0 saturated heterocycles. The molecule has 274 valence electrons. The fourth-order valence-corrected chi connectivity index (χ4v) is 10.0. The quantitative estimate of drug-likeness (QED) is 0.157. The maximum Gasteiger partial charge on any atom is 0.0541 e. The standard InChI is InChI=1S/C55H38N2S/c1-37-17-16-22-40(33-37)56(41-31-32-43(38-18-4-2-5-19-38)48(34-41)39-20-6-3-7-21-39)42-35-49(55-50(36-42)47-26-11-15-30-54(47)58-55)46-25-10-14-29-53(46)57-51-27-12-8-23-44(51)45-24-9-13-28-52(45)57/h2-36H,1H3. The summed E-state index contributed by atoms with van der Waals surface area (Å²) in [7, 11) is 0. The molecule has 0 saturated carbocycles. The van der Waals surface area contributed by atoms with Crippen LogP contribution in [0.1, 0.15) is 5.56 Å². The second-order valence-electron chi connectivity index (χ2n) is 15.0. The Morgan fingerprint density at radius 2 is 0.966 bits per heavy atom. The Kier molecular flexibility index (Phi) is 8.27. The first kappa shape index (κ1) is 34.1. The minimum atomic E-state index is 1.10. The number of rotatable bonds is 7. The van der Waals surface area contributed by atoms with Crippen molar-refractivity contribution in [3.8, 4) is 39.1 Å². The highest BCUT2D eigenvalue weighted by Crippen LogP contribution is 2.48. The average Bonchev–Trinajstić information content (AvgIpc) is 3.83. The van der Waals surface area contributed by atoms with E-state index in [1.54, 1.807) is 0 Å². The fourth-order valence-electron chi connectivity index (χ4n) is 8.83. The van der Waals surface area contributed by atoms with Crippen molar-refractivity contribution in [1.82, 2.24) is 4.57 Å². The molecule has 0 radical (unpaired) electrons. The van der Waals surface area contributed by atoms with Gasteiger partial charge in [0.15, 0.2) is 0 Å². The van der Waals surface area contributed by atoms with Gasteiger partial charge in [0.05, 0.1) is 16.7 Å². The van der Waals surface area contributed by atoms with Gasteiger partial charge in [0.1, 0.15) is 0 Å². The van der Waals surface area contributed by atoms with Crippen LogP contribution in [0.2, 0.25) is 0 Å². The number of fused-ring (bicyclic) bond motifs is 6. The average molecular weight is 759 g/mol. The molecule has 2 heterocycles. The van der Waals surface area contributed by atoms with Crippen LogP contribution in [0.25, 0.3) is 81.0 Å². The number of thiophene rings is 1. The van der Waals surface area contributed by atoms with Crippen LogP contribution >= 0.6 is 11.3 Å². The Hall–Kier alpha value is -7.20. The van der Waals surface area contributed by atoms with Crippen LogP contribution in [0.15, 0.2) is 212 Å². The highest BCUT2D eigenvalue weighted by Gasteiger charge is 2.23. The van der Waals surface area contributed by atoms with Gasteiger partial charge in [0, 0.05) is 59.1 Å². The summed E-state index contributed by atoms with van der Waals surface area (Å²) < 4.78 is 5.02. The molecule has 0 fully saturated rings. The van der Waals surface area contributed by atoms with Crippen molar-refractivity contribution >= 4 is 70.4 Å². The molecule has 0 unspecified atom stereocenters. The second-order valence-corrected chi connectivity index (χ2v) is 16.0. The first-order chi connectivity index (χ1) is 28.7. The van der Waals surface area contributed by atoms with Gasteiger partial charge in [0.2, 0.25) is 0 Å². The second kappa shape index (κ2) is 14.1. The molecule has 0 aliphatic carbocycles. The summed E-state index contributed by atoms with van der Waals surface area (Å²) >= 11 is 1.88. The van der Waals surface area contributed by atoms with Crippen molar-refractivity contribution in [3.05, 3.63) is 218 Å². The Labute approximate surface area is 342 Å². The summed E-state index contributed by atoms with van der Waals surface area (Å²) in [6.45, 7) is 2.18. The minimum absolute atomic E-state index is 1.10. The molecule has 0 spiro atoms. The topological polar surface area (TPSA) is 8.17 Å². The van der Waals surface area contributed by atoms with Crippen LogP contribution in [0.5, 0.6) is 0 Å². The molecule has 3 heteroatoms. The molecule has 2 nitrogen and oxygen atoms in total. The van der Waals surface area contributed by atoms with E-state index in [0.717, 1.165) is 22.7 Å². The number of aromatic nitrogens is 1. The molecule has 58 heavy (non-hydrogen) atoms. The van der Waals surface area contributed by atoms with Gasteiger partial charge >= 0.3 is 0 Å². The van der Waals surface area contributed by atoms with Crippen LogP contribution in [-0.4, -0.2) is 4.57 Å². The van der Waals surface area contributed by atoms with Gasteiger partial charge in [-0.3, -0.25) is 0 Å². The molecular weight excluding hydrogens is 721 g/mol. The lowest BCUT2D eigenvalue weighted by Crippen LogP contribution is -2.11. The van der Waals surface area contributed by atoms with Gasteiger partial charge in [-0.2, -0.15) is 0 Å². The zero-order valence-corrected chi connectivity index (χ0v) is 32.8. The molecule has 0 aliphatic rings. The van der Waals surface area contributed by atoms with E-state index in [0.29, 0.717) is 0 Å². The highest BCUT2D eigenvalue weighted by atomic mass is 32.1. The van der Waals surface area contributed by atoms with Crippen LogP contribution in [-0.2, 0) is 0 Å². The third kappa shape index (κ3) is 5.71. The minimum Gasteiger partial charge on any atom is -0.310 e. The monoisotopic (exact) mass is 758 g/mol. The SMILES string of the molecule is Cc1cccc(N(c2ccc(-c3ccccc3)c(-c3ccccc3)c2)c2cc(-c3ccccc3-n3c4ccccc4c4ccccc43)c3sc4ccccc4c3c2)c1. The Morgan fingerprint density at radius 3 is 1.69 bits per heavy atom. The predicted octanol–water partition coefficient (Wildman–Crippen LogP) is 15.9. The molecular formula is C55H38N2S. The van der Waals surface area contributed by atoms with Crippen molar-refractivity contribution in [2.24, 2.45) is 0 Å². The van der Waals surface area contributed by atoms with E-state index < -0.39 is 0 Å². The number of hydrogen-bond acceptors (Lipinski definition) is 2. The first-order valence-corrected chi connectivity index (χ1v) is 20.7. The normalized spacial score (nSPS) is 11.5. The lowest BCUT2D eigenvalue weighted by atomic mass is 9.93. The van der Waals surface area contributed by atoms with Crippen LogP contribution in [0.3, 0.4) is 0 Å². The molecule has 0 atom stereocenters. The zero-order chi connectivity index (χ0) is 38.6. The van der Waals surface area contributed by atoms with E-state index >= 15 is 0 Å². The smallest absolute Gasteiger partial charge is 0.0541 e. The van der Waals surface area contributed by atoms with E-state index in [1.807, 2.05) is 11.3 Å². The number of hydrogen-bond donors (Lipinski definition) is 0. The van der Waals surface area contributed by atoms with Crippen molar-refractivity contribution < 1.29 is 0 Å². The van der Waals surface area contributed by atoms with Gasteiger partial charge in [-0.05, 0) is 95.4 Å². The number of aryl methyl sites for hydroxylation is 1. The van der Waals surface area contributed by atoms with E-state index in [1.165, 1.54) is 80.9 Å². The van der Waals surface area contributed by atoms with E-state index in [9.17, 15) is 0 Å². The molecule has 0 aliphatic heterocycles. The number of para-hydroxylation sites is 3. The van der Waals surface area contributed by atoms with Crippen molar-refractivity contribution in [2.45, 2.75) is 6.92 Å². The summed E-state index contributed by atoms with van der Waals surface area (Å²) in [4.78, 5) is 2.45. The first-order valence-electron chi connectivity index (χ1n) is 19.8. The summed E-state index contributed by atoms with van der Waals surface area (Å²) in [6, 6.07) is 77.6. The van der Waals surface area contributed by atoms with Crippen molar-refractivity contribution in [2.75, 3.05) is 4.90 Å². The van der Waals surface area contributed by atoms with Gasteiger partial charge in [-0.1, -0.05) is 152 Å².